The fraction of sp³-hybridized carbons (Fsp3) is 0.455. The van der Waals surface area contributed by atoms with Gasteiger partial charge in [-0.2, -0.15) is 0 Å². The Kier molecular flexibility index (Phi) is 6.48. The van der Waals surface area contributed by atoms with Crippen molar-refractivity contribution < 1.29 is 19.2 Å². The Morgan fingerprint density at radius 1 is 1.47 bits per heavy atom. The summed E-state index contributed by atoms with van der Waals surface area (Å²) < 4.78 is 18.3. The summed E-state index contributed by atoms with van der Waals surface area (Å²) in [6, 6.07) is 1.97. The number of aliphatic hydroxyl groups excluding tert-OH is 1. The number of nitro benzene ring substituents is 1. The van der Waals surface area contributed by atoms with Crippen molar-refractivity contribution in [1.82, 2.24) is 0 Å². The van der Waals surface area contributed by atoms with Crippen LogP contribution in [0.5, 0.6) is 0 Å². The highest BCUT2D eigenvalue weighted by Gasteiger charge is 2.17. The number of rotatable bonds is 8. The molecule has 8 heteroatoms. The second-order valence-electron chi connectivity index (χ2n) is 3.66. The van der Waals surface area contributed by atoms with E-state index >= 15 is 0 Å². The third-order valence-corrected chi connectivity index (χ3v) is 2.54. The Balaban J connectivity index is 2.57. The second kappa shape index (κ2) is 7.88. The van der Waals surface area contributed by atoms with E-state index in [1.165, 1.54) is 0 Å². The third-order valence-electron chi connectivity index (χ3n) is 2.25. The molecule has 106 valence electrons. The molecule has 19 heavy (non-hydrogen) atoms. The van der Waals surface area contributed by atoms with E-state index in [1.807, 2.05) is 0 Å². The maximum atomic E-state index is 13.3. The number of anilines is 1. The molecular weight excluding hydrogens is 279 g/mol. The smallest absolute Gasteiger partial charge is 0.294 e. The first-order chi connectivity index (χ1) is 9.06. The fourth-order valence-electron chi connectivity index (χ4n) is 1.39. The first-order valence-corrected chi connectivity index (χ1v) is 6.00. The number of hydrogen-bond acceptors (Lipinski definition) is 5. The molecule has 0 aliphatic heterocycles. The molecule has 0 radical (unpaired) electrons. The minimum absolute atomic E-state index is 0.0543. The minimum Gasteiger partial charge on any atom is -0.394 e. The summed E-state index contributed by atoms with van der Waals surface area (Å²) in [6.07, 6.45) is 0.571. The predicted molar refractivity (Wildman–Crippen MR) is 69.1 cm³/mol. The normalized spacial score (nSPS) is 10.5. The lowest BCUT2D eigenvalue weighted by atomic mass is 10.2. The van der Waals surface area contributed by atoms with Gasteiger partial charge in [-0.3, -0.25) is 10.1 Å². The number of nitrogens with one attached hydrogen (secondary N) is 1. The molecule has 1 aromatic rings. The van der Waals surface area contributed by atoms with Crippen LogP contribution in [-0.2, 0) is 4.74 Å². The van der Waals surface area contributed by atoms with Crippen LogP contribution in [0, 0.1) is 15.9 Å². The van der Waals surface area contributed by atoms with Crippen molar-refractivity contribution in [1.29, 1.82) is 0 Å². The predicted octanol–water partition coefficient (Wildman–Crippen LogP) is 2.20. The van der Waals surface area contributed by atoms with E-state index in [1.54, 1.807) is 0 Å². The minimum atomic E-state index is -0.716. The van der Waals surface area contributed by atoms with Crippen molar-refractivity contribution >= 4 is 23.0 Å². The Hall–Kier alpha value is -1.44. The lowest BCUT2D eigenvalue weighted by Gasteiger charge is -2.08. The Morgan fingerprint density at radius 3 is 2.84 bits per heavy atom. The molecule has 2 N–H and O–H groups in total. The molecule has 1 aromatic carbocycles. The average Bonchev–Trinajstić information content (AvgIpc) is 2.37. The van der Waals surface area contributed by atoms with Gasteiger partial charge in [-0.1, -0.05) is 11.6 Å². The van der Waals surface area contributed by atoms with Gasteiger partial charge in [-0.05, 0) is 6.42 Å². The van der Waals surface area contributed by atoms with Crippen LogP contribution in [-0.4, -0.2) is 36.4 Å². The molecule has 0 spiro atoms. The van der Waals surface area contributed by atoms with Gasteiger partial charge in [-0.15, -0.1) is 0 Å². The SMILES string of the molecule is O=[N+]([O-])c1cc(Cl)c(F)cc1NCCCOCCO. The number of nitrogens with zero attached hydrogens (tertiary/aromatic N) is 1. The summed E-state index contributed by atoms with van der Waals surface area (Å²) in [5.74, 6) is -0.716. The molecule has 0 fully saturated rings. The maximum Gasteiger partial charge on any atom is 0.294 e. The summed E-state index contributed by atoms with van der Waals surface area (Å²) in [5, 5.41) is 21.7. The maximum absolute atomic E-state index is 13.3. The van der Waals surface area contributed by atoms with Crippen molar-refractivity contribution in [3.05, 3.63) is 33.1 Å². The zero-order valence-electron chi connectivity index (χ0n) is 10.1. The van der Waals surface area contributed by atoms with Crippen molar-refractivity contribution in [2.45, 2.75) is 6.42 Å². The van der Waals surface area contributed by atoms with E-state index in [2.05, 4.69) is 5.32 Å². The molecule has 6 nitrogen and oxygen atoms in total. The number of halogens is 2. The van der Waals surface area contributed by atoms with Crippen LogP contribution in [0.15, 0.2) is 12.1 Å². The van der Waals surface area contributed by atoms with E-state index in [-0.39, 0.29) is 29.6 Å². The van der Waals surface area contributed by atoms with Gasteiger partial charge in [-0.25, -0.2) is 4.39 Å². The number of hydrogen-bond donors (Lipinski definition) is 2. The first-order valence-electron chi connectivity index (χ1n) is 5.62. The molecule has 0 aliphatic rings. The van der Waals surface area contributed by atoms with Crippen molar-refractivity contribution in [2.24, 2.45) is 0 Å². The zero-order chi connectivity index (χ0) is 14.3. The lowest BCUT2D eigenvalue weighted by molar-refractivity contribution is -0.384. The van der Waals surface area contributed by atoms with Gasteiger partial charge in [0.25, 0.3) is 5.69 Å². The van der Waals surface area contributed by atoms with Gasteiger partial charge in [0.1, 0.15) is 11.5 Å². The molecule has 0 aromatic heterocycles. The van der Waals surface area contributed by atoms with Crippen LogP contribution in [0.3, 0.4) is 0 Å². The van der Waals surface area contributed by atoms with Gasteiger partial charge < -0.3 is 15.2 Å². The molecule has 0 aliphatic carbocycles. The molecule has 0 saturated heterocycles. The first kappa shape index (κ1) is 15.6. The fourth-order valence-corrected chi connectivity index (χ4v) is 1.55. The molecule has 0 saturated carbocycles. The molecule has 1 rings (SSSR count). The molecule has 0 amide bonds. The zero-order valence-corrected chi connectivity index (χ0v) is 10.8. The van der Waals surface area contributed by atoms with E-state index in [9.17, 15) is 14.5 Å². The van der Waals surface area contributed by atoms with E-state index in [0.29, 0.717) is 19.6 Å². The largest absolute Gasteiger partial charge is 0.394 e. The molecule has 0 heterocycles. The van der Waals surface area contributed by atoms with Crippen LogP contribution < -0.4 is 5.32 Å². The number of nitro groups is 1. The molecule has 0 bridgehead atoms. The molecule has 0 atom stereocenters. The van der Waals surface area contributed by atoms with Gasteiger partial charge >= 0.3 is 0 Å². The molecular formula is C11H14ClFN2O4. The van der Waals surface area contributed by atoms with Crippen molar-refractivity contribution in [3.63, 3.8) is 0 Å². The van der Waals surface area contributed by atoms with Gasteiger partial charge in [0.2, 0.25) is 0 Å². The van der Waals surface area contributed by atoms with Crippen LogP contribution in [0.4, 0.5) is 15.8 Å². The Morgan fingerprint density at radius 2 is 2.21 bits per heavy atom. The summed E-state index contributed by atoms with van der Waals surface area (Å²) in [7, 11) is 0. The summed E-state index contributed by atoms with van der Waals surface area (Å²) in [6.45, 7) is 0.974. The second-order valence-corrected chi connectivity index (χ2v) is 4.06. The summed E-state index contributed by atoms with van der Waals surface area (Å²) >= 11 is 5.50. The number of benzene rings is 1. The monoisotopic (exact) mass is 292 g/mol. The number of ether oxygens (including phenoxy) is 1. The van der Waals surface area contributed by atoms with Gasteiger partial charge in [0, 0.05) is 25.3 Å². The van der Waals surface area contributed by atoms with Gasteiger partial charge in [0.15, 0.2) is 0 Å². The van der Waals surface area contributed by atoms with E-state index < -0.39 is 10.7 Å². The Labute approximate surface area is 114 Å². The van der Waals surface area contributed by atoms with Crippen LogP contribution in [0.1, 0.15) is 6.42 Å². The summed E-state index contributed by atoms with van der Waals surface area (Å²) in [4.78, 5) is 10.2. The van der Waals surface area contributed by atoms with E-state index in [0.717, 1.165) is 12.1 Å². The molecule has 0 unspecified atom stereocenters. The van der Waals surface area contributed by atoms with E-state index in [4.69, 9.17) is 21.4 Å². The highest BCUT2D eigenvalue weighted by atomic mass is 35.5. The topological polar surface area (TPSA) is 84.6 Å². The summed E-state index contributed by atoms with van der Waals surface area (Å²) in [5.41, 5.74) is -0.197. The van der Waals surface area contributed by atoms with Gasteiger partial charge in [0.05, 0.1) is 23.2 Å². The van der Waals surface area contributed by atoms with Crippen LogP contribution in [0.2, 0.25) is 5.02 Å². The standard InChI is InChI=1S/C11H14ClFN2O4/c12-8-6-11(15(17)18)10(7-9(8)13)14-2-1-4-19-5-3-16/h6-7,14,16H,1-5H2. The van der Waals surface area contributed by atoms with Crippen LogP contribution >= 0.6 is 11.6 Å². The Bertz CT molecular complexity index is 445. The highest BCUT2D eigenvalue weighted by molar-refractivity contribution is 6.31. The average molecular weight is 293 g/mol. The third kappa shape index (κ3) is 4.98. The van der Waals surface area contributed by atoms with Crippen molar-refractivity contribution in [3.8, 4) is 0 Å². The van der Waals surface area contributed by atoms with Crippen LogP contribution in [0.25, 0.3) is 0 Å². The highest BCUT2D eigenvalue weighted by Crippen LogP contribution is 2.30. The lowest BCUT2D eigenvalue weighted by Crippen LogP contribution is -2.09. The quantitative estimate of drug-likeness (QED) is 0.436. The number of aliphatic hydroxyl groups is 1. The van der Waals surface area contributed by atoms with Crippen molar-refractivity contribution in [2.75, 3.05) is 31.7 Å².